The third-order valence-electron chi connectivity index (χ3n) is 4.25. The van der Waals surface area contributed by atoms with Gasteiger partial charge in [-0.2, -0.15) is 5.10 Å². The highest BCUT2D eigenvalue weighted by Crippen LogP contribution is 2.28. The number of nitrogens with zero attached hydrogens (tertiary/aromatic N) is 3. The molecule has 0 spiro atoms. The fraction of sp³-hybridized carbons (Fsp3) is 0.524. The van der Waals surface area contributed by atoms with E-state index in [9.17, 15) is 4.79 Å². The highest BCUT2D eigenvalue weighted by Gasteiger charge is 2.14. The maximum absolute atomic E-state index is 12.7. The van der Waals surface area contributed by atoms with Crippen LogP contribution in [-0.4, -0.2) is 40.8 Å². The lowest BCUT2D eigenvalue weighted by molar-refractivity contribution is -0.132. The van der Waals surface area contributed by atoms with E-state index < -0.39 is 0 Å². The summed E-state index contributed by atoms with van der Waals surface area (Å²) in [4.78, 5) is 14.6. The maximum Gasteiger partial charge on any atom is 0.222 e. The molecule has 1 amide bonds. The summed E-state index contributed by atoms with van der Waals surface area (Å²) < 4.78 is 13.0. The van der Waals surface area contributed by atoms with E-state index in [1.54, 1.807) is 13.3 Å². The molecule has 0 bridgehead atoms. The third kappa shape index (κ3) is 6.62. The highest BCUT2D eigenvalue weighted by atomic mass is 16.5. The van der Waals surface area contributed by atoms with Gasteiger partial charge in [0.05, 0.1) is 13.7 Å². The highest BCUT2D eigenvalue weighted by molar-refractivity contribution is 5.76. The smallest absolute Gasteiger partial charge is 0.222 e. The Hall–Kier alpha value is -2.50. The Morgan fingerprint density at radius 1 is 1.22 bits per heavy atom. The van der Waals surface area contributed by atoms with E-state index in [1.807, 2.05) is 40.0 Å². The first-order valence-electron chi connectivity index (χ1n) is 9.72. The fourth-order valence-corrected chi connectivity index (χ4v) is 2.91. The van der Waals surface area contributed by atoms with Crippen LogP contribution in [0.3, 0.4) is 0 Å². The molecule has 1 heterocycles. The topological polar surface area (TPSA) is 56.6 Å². The van der Waals surface area contributed by atoms with Gasteiger partial charge in [-0.25, -0.2) is 0 Å². The molecule has 0 aliphatic carbocycles. The molecule has 0 saturated carbocycles. The van der Waals surface area contributed by atoms with E-state index in [1.165, 1.54) is 0 Å². The molecule has 1 aromatic carbocycles. The van der Waals surface area contributed by atoms with Gasteiger partial charge in [-0.1, -0.05) is 19.9 Å². The minimum Gasteiger partial charge on any atom is -0.493 e. The van der Waals surface area contributed by atoms with Gasteiger partial charge in [0, 0.05) is 38.4 Å². The van der Waals surface area contributed by atoms with E-state index in [0.29, 0.717) is 25.3 Å². The zero-order chi connectivity index (χ0) is 19.5. The standard InChI is InChI=1S/C21H31N3O3/c1-4-12-23(21(25)8-6-13-24-14-7-11-22-24)17-18-9-10-19(27-15-5-2)20(16-18)26-3/h7,9-11,14,16H,4-6,8,12-13,15,17H2,1-3H3. The number of methoxy groups -OCH3 is 1. The van der Waals surface area contributed by atoms with Gasteiger partial charge in [0.2, 0.25) is 5.91 Å². The van der Waals surface area contributed by atoms with Gasteiger partial charge in [-0.05, 0) is 43.0 Å². The average molecular weight is 373 g/mol. The van der Waals surface area contributed by atoms with Gasteiger partial charge in [0.25, 0.3) is 0 Å². The Kier molecular flexibility index (Phi) is 8.68. The SMILES string of the molecule is CCCOc1ccc(CN(CCC)C(=O)CCCn2cccn2)cc1OC. The largest absolute Gasteiger partial charge is 0.493 e. The van der Waals surface area contributed by atoms with Crippen molar-refractivity contribution in [3.8, 4) is 11.5 Å². The Balaban J connectivity index is 1.96. The normalized spacial score (nSPS) is 10.6. The number of ether oxygens (including phenoxy) is 2. The predicted octanol–water partition coefficient (Wildman–Crippen LogP) is 3.90. The summed E-state index contributed by atoms with van der Waals surface area (Å²) in [5.74, 6) is 1.63. The van der Waals surface area contributed by atoms with Crippen LogP contribution in [0.1, 0.15) is 45.1 Å². The number of hydrogen-bond acceptors (Lipinski definition) is 4. The second kappa shape index (κ2) is 11.3. The molecule has 6 nitrogen and oxygen atoms in total. The summed E-state index contributed by atoms with van der Waals surface area (Å²) in [5.41, 5.74) is 1.05. The summed E-state index contributed by atoms with van der Waals surface area (Å²) in [7, 11) is 1.64. The van der Waals surface area contributed by atoms with Crippen molar-refractivity contribution < 1.29 is 14.3 Å². The second-order valence-corrected chi connectivity index (χ2v) is 6.52. The number of aryl methyl sites for hydroxylation is 1. The maximum atomic E-state index is 12.7. The lowest BCUT2D eigenvalue weighted by Crippen LogP contribution is -2.31. The van der Waals surface area contributed by atoms with Crippen molar-refractivity contribution in [3.63, 3.8) is 0 Å². The molecule has 0 saturated heterocycles. The van der Waals surface area contributed by atoms with Gasteiger partial charge in [0.1, 0.15) is 0 Å². The van der Waals surface area contributed by atoms with Crippen molar-refractivity contribution in [3.05, 3.63) is 42.2 Å². The van der Waals surface area contributed by atoms with Crippen LogP contribution in [0.5, 0.6) is 11.5 Å². The van der Waals surface area contributed by atoms with E-state index >= 15 is 0 Å². The van der Waals surface area contributed by atoms with Gasteiger partial charge in [-0.3, -0.25) is 9.48 Å². The summed E-state index contributed by atoms with van der Waals surface area (Å²) in [6.45, 7) is 6.91. The summed E-state index contributed by atoms with van der Waals surface area (Å²) in [6, 6.07) is 7.79. The lowest BCUT2D eigenvalue weighted by atomic mass is 10.1. The van der Waals surface area contributed by atoms with E-state index in [-0.39, 0.29) is 5.91 Å². The van der Waals surface area contributed by atoms with E-state index in [4.69, 9.17) is 9.47 Å². The molecule has 6 heteroatoms. The van der Waals surface area contributed by atoms with Crippen molar-refractivity contribution in [1.82, 2.24) is 14.7 Å². The van der Waals surface area contributed by atoms with Crippen LogP contribution in [0, 0.1) is 0 Å². The fourth-order valence-electron chi connectivity index (χ4n) is 2.91. The summed E-state index contributed by atoms with van der Waals surface area (Å²) >= 11 is 0. The first-order chi connectivity index (χ1) is 13.2. The molecule has 27 heavy (non-hydrogen) atoms. The Morgan fingerprint density at radius 3 is 2.74 bits per heavy atom. The number of aromatic nitrogens is 2. The van der Waals surface area contributed by atoms with Crippen LogP contribution < -0.4 is 9.47 Å². The zero-order valence-electron chi connectivity index (χ0n) is 16.7. The van der Waals surface area contributed by atoms with Gasteiger partial charge >= 0.3 is 0 Å². The third-order valence-corrected chi connectivity index (χ3v) is 4.25. The van der Waals surface area contributed by atoms with Gasteiger partial charge in [-0.15, -0.1) is 0 Å². The molecule has 0 fully saturated rings. The molecule has 0 N–H and O–H groups in total. The van der Waals surface area contributed by atoms with Crippen LogP contribution in [0.15, 0.2) is 36.7 Å². The summed E-state index contributed by atoms with van der Waals surface area (Å²) in [6.07, 6.45) is 6.86. The first-order valence-corrected chi connectivity index (χ1v) is 9.72. The molecule has 0 unspecified atom stereocenters. The summed E-state index contributed by atoms with van der Waals surface area (Å²) in [5, 5.41) is 4.18. The van der Waals surface area contributed by atoms with Crippen molar-refractivity contribution in [2.75, 3.05) is 20.3 Å². The molecule has 0 aliphatic heterocycles. The minimum absolute atomic E-state index is 0.175. The molecular weight excluding hydrogens is 342 g/mol. The number of hydrogen-bond donors (Lipinski definition) is 0. The number of carbonyl (C=O) groups is 1. The van der Waals surface area contributed by atoms with Crippen molar-refractivity contribution in [1.29, 1.82) is 0 Å². The number of amides is 1. The van der Waals surface area contributed by atoms with Crippen LogP contribution in [0.25, 0.3) is 0 Å². The predicted molar refractivity (Wildman–Crippen MR) is 106 cm³/mol. The van der Waals surface area contributed by atoms with Crippen molar-refractivity contribution in [2.45, 2.75) is 52.6 Å². The molecule has 2 rings (SSSR count). The Labute approximate surface area is 162 Å². The second-order valence-electron chi connectivity index (χ2n) is 6.52. The lowest BCUT2D eigenvalue weighted by Gasteiger charge is -2.23. The zero-order valence-corrected chi connectivity index (χ0v) is 16.7. The van der Waals surface area contributed by atoms with Crippen LogP contribution >= 0.6 is 0 Å². The minimum atomic E-state index is 0.175. The quantitative estimate of drug-likeness (QED) is 0.566. The van der Waals surface area contributed by atoms with Gasteiger partial charge in [0.15, 0.2) is 11.5 Å². The van der Waals surface area contributed by atoms with Crippen LogP contribution in [0.4, 0.5) is 0 Å². The van der Waals surface area contributed by atoms with Gasteiger partial charge < -0.3 is 14.4 Å². The first kappa shape index (κ1) is 20.8. The monoisotopic (exact) mass is 373 g/mol. The molecule has 1 aromatic heterocycles. The molecule has 0 atom stereocenters. The molecule has 2 aromatic rings. The van der Waals surface area contributed by atoms with E-state index in [0.717, 1.165) is 43.7 Å². The molecule has 148 valence electrons. The van der Waals surface area contributed by atoms with Crippen LogP contribution in [0.2, 0.25) is 0 Å². The van der Waals surface area contributed by atoms with Crippen molar-refractivity contribution >= 4 is 5.91 Å². The van der Waals surface area contributed by atoms with Crippen LogP contribution in [-0.2, 0) is 17.9 Å². The Bertz CT molecular complexity index is 686. The van der Waals surface area contributed by atoms with Crippen molar-refractivity contribution in [2.24, 2.45) is 0 Å². The molecule has 0 radical (unpaired) electrons. The van der Waals surface area contributed by atoms with E-state index in [2.05, 4.69) is 18.9 Å². The molecule has 0 aliphatic rings. The Morgan fingerprint density at radius 2 is 2.07 bits per heavy atom. The molecular formula is C21H31N3O3. The number of rotatable bonds is 12. The number of benzene rings is 1. The number of carbonyl (C=O) groups excluding carboxylic acids is 1. The average Bonchev–Trinajstić information content (AvgIpc) is 3.19.